The van der Waals surface area contributed by atoms with E-state index in [0.717, 1.165) is 0 Å². The van der Waals surface area contributed by atoms with Crippen molar-refractivity contribution < 1.29 is 9.15 Å². The zero-order valence-electron chi connectivity index (χ0n) is 6.73. The van der Waals surface area contributed by atoms with Crippen LogP contribution in [0.5, 0.6) is 5.75 Å². The van der Waals surface area contributed by atoms with Crippen LogP contribution in [0.3, 0.4) is 0 Å². The fourth-order valence-electron chi connectivity index (χ4n) is 0.941. The first kappa shape index (κ1) is 8.06. The predicted molar refractivity (Wildman–Crippen MR) is 47.0 cm³/mol. The second-order valence-electron chi connectivity index (χ2n) is 2.24. The molecule has 2 aromatic rings. The van der Waals surface area contributed by atoms with Gasteiger partial charge in [-0.1, -0.05) is 0 Å². The van der Waals surface area contributed by atoms with Crippen LogP contribution in [0, 0.1) is 0 Å². The van der Waals surface area contributed by atoms with E-state index >= 15 is 0 Å². The third kappa shape index (κ3) is 1.35. The second kappa shape index (κ2) is 3.06. The van der Waals surface area contributed by atoms with Gasteiger partial charge >= 0.3 is 5.76 Å². The van der Waals surface area contributed by atoms with Gasteiger partial charge in [0.05, 0.1) is 7.11 Å². The van der Waals surface area contributed by atoms with Gasteiger partial charge in [-0.2, -0.15) is 0 Å². The van der Waals surface area contributed by atoms with Gasteiger partial charge in [0.15, 0.2) is 0 Å². The molecule has 0 radical (unpaired) electrons. The van der Waals surface area contributed by atoms with E-state index in [-0.39, 0.29) is 5.89 Å². The number of H-pyrrole nitrogens is 1. The van der Waals surface area contributed by atoms with Gasteiger partial charge in [0.1, 0.15) is 10.6 Å². The highest BCUT2D eigenvalue weighted by Gasteiger charge is 2.12. The normalized spacial score (nSPS) is 10.2. The molecule has 0 aliphatic carbocycles. The molecule has 0 amide bonds. The molecule has 1 N–H and O–H groups in total. The number of thiophene rings is 1. The lowest BCUT2D eigenvalue weighted by molar-refractivity contribution is 0.415. The summed E-state index contributed by atoms with van der Waals surface area (Å²) in [7, 11) is 1.55. The quantitative estimate of drug-likeness (QED) is 0.784. The van der Waals surface area contributed by atoms with Crippen molar-refractivity contribution in [1.29, 1.82) is 0 Å². The number of hydrogen-bond acceptors (Lipinski definition) is 5. The van der Waals surface area contributed by atoms with E-state index in [9.17, 15) is 4.79 Å². The van der Waals surface area contributed by atoms with Crippen molar-refractivity contribution in [3.05, 3.63) is 22.0 Å². The van der Waals surface area contributed by atoms with E-state index in [0.29, 0.717) is 10.6 Å². The van der Waals surface area contributed by atoms with Gasteiger partial charge in [-0.15, -0.1) is 16.4 Å². The standard InChI is InChI=1S/C7H6N2O3S/c1-11-4-2-3-13-5(4)6-8-9-7(10)12-6/h2-3H,1H3,(H,9,10). The van der Waals surface area contributed by atoms with E-state index in [1.165, 1.54) is 11.3 Å². The first-order valence-corrected chi connectivity index (χ1v) is 4.36. The maximum atomic E-state index is 10.7. The molecule has 68 valence electrons. The zero-order valence-corrected chi connectivity index (χ0v) is 7.55. The Bertz CT molecular complexity index is 456. The van der Waals surface area contributed by atoms with Crippen LogP contribution in [0.2, 0.25) is 0 Å². The smallest absolute Gasteiger partial charge is 0.434 e. The van der Waals surface area contributed by atoms with Crippen molar-refractivity contribution in [2.75, 3.05) is 7.11 Å². The van der Waals surface area contributed by atoms with Crippen LogP contribution >= 0.6 is 11.3 Å². The number of hydrogen-bond donors (Lipinski definition) is 1. The summed E-state index contributed by atoms with van der Waals surface area (Å²) in [4.78, 5) is 11.4. The Morgan fingerprint density at radius 3 is 3.15 bits per heavy atom. The SMILES string of the molecule is COc1ccsc1-c1n[nH]c(=O)o1. The number of methoxy groups -OCH3 is 1. The Morgan fingerprint density at radius 1 is 1.69 bits per heavy atom. The van der Waals surface area contributed by atoms with Gasteiger partial charge in [0.2, 0.25) is 0 Å². The lowest BCUT2D eigenvalue weighted by atomic mass is 10.4. The van der Waals surface area contributed by atoms with Gasteiger partial charge in [-0.25, -0.2) is 9.89 Å². The average molecular weight is 198 g/mol. The van der Waals surface area contributed by atoms with Crippen LogP contribution in [0.4, 0.5) is 0 Å². The third-order valence-corrected chi connectivity index (χ3v) is 2.37. The molecule has 0 aromatic carbocycles. The number of aromatic nitrogens is 2. The Labute approximate surface area is 77.0 Å². The molecule has 0 saturated heterocycles. The molecule has 0 aliphatic rings. The number of nitrogens with one attached hydrogen (secondary N) is 1. The summed E-state index contributed by atoms with van der Waals surface area (Å²) in [6, 6.07) is 1.79. The van der Waals surface area contributed by atoms with Crippen molar-refractivity contribution >= 4 is 11.3 Å². The first-order chi connectivity index (χ1) is 6.31. The van der Waals surface area contributed by atoms with E-state index in [1.807, 2.05) is 5.38 Å². The molecule has 2 rings (SSSR count). The molecule has 0 atom stereocenters. The predicted octanol–water partition coefficient (Wildman–Crippen LogP) is 1.10. The molecule has 2 aromatic heterocycles. The molecule has 5 nitrogen and oxygen atoms in total. The molecule has 6 heteroatoms. The van der Waals surface area contributed by atoms with E-state index in [2.05, 4.69) is 10.2 Å². The summed E-state index contributed by atoms with van der Waals surface area (Å²) in [5.74, 6) is 0.350. The lowest BCUT2D eigenvalue weighted by Crippen LogP contribution is -1.93. The minimum atomic E-state index is -0.564. The fraction of sp³-hybridized carbons (Fsp3) is 0.143. The largest absolute Gasteiger partial charge is 0.495 e. The van der Waals surface area contributed by atoms with E-state index in [1.54, 1.807) is 13.2 Å². The topological polar surface area (TPSA) is 68.1 Å². The molecule has 0 bridgehead atoms. The van der Waals surface area contributed by atoms with Crippen LogP contribution < -0.4 is 10.5 Å². The Kier molecular flexibility index (Phi) is 1.90. The molecule has 13 heavy (non-hydrogen) atoms. The summed E-state index contributed by atoms with van der Waals surface area (Å²) in [6.45, 7) is 0. The van der Waals surface area contributed by atoms with Crippen molar-refractivity contribution in [1.82, 2.24) is 10.2 Å². The molecular formula is C7H6N2O3S. The number of nitrogens with zero attached hydrogens (tertiary/aromatic N) is 1. The zero-order chi connectivity index (χ0) is 9.26. The Balaban J connectivity index is 2.51. The first-order valence-electron chi connectivity index (χ1n) is 3.48. The van der Waals surface area contributed by atoms with Crippen molar-refractivity contribution in [3.8, 4) is 16.5 Å². The molecule has 0 spiro atoms. The maximum absolute atomic E-state index is 10.7. The molecule has 0 unspecified atom stereocenters. The van der Waals surface area contributed by atoms with Crippen LogP contribution in [-0.4, -0.2) is 17.3 Å². The van der Waals surface area contributed by atoms with Gasteiger partial charge < -0.3 is 9.15 Å². The number of rotatable bonds is 2. The Morgan fingerprint density at radius 2 is 2.54 bits per heavy atom. The van der Waals surface area contributed by atoms with Crippen LogP contribution in [0.15, 0.2) is 20.7 Å². The molecular weight excluding hydrogens is 192 g/mol. The summed E-state index contributed by atoms with van der Waals surface area (Å²) < 4.78 is 9.82. The number of ether oxygens (including phenoxy) is 1. The molecule has 0 aliphatic heterocycles. The summed E-state index contributed by atoms with van der Waals surface area (Å²) >= 11 is 1.40. The van der Waals surface area contributed by atoms with E-state index in [4.69, 9.17) is 9.15 Å². The highest BCUT2D eigenvalue weighted by atomic mass is 32.1. The van der Waals surface area contributed by atoms with Crippen LogP contribution in [-0.2, 0) is 0 Å². The molecule has 0 fully saturated rings. The second-order valence-corrected chi connectivity index (χ2v) is 3.15. The van der Waals surface area contributed by atoms with Crippen LogP contribution in [0.1, 0.15) is 0 Å². The van der Waals surface area contributed by atoms with Gasteiger partial charge in [0.25, 0.3) is 5.89 Å². The van der Waals surface area contributed by atoms with E-state index < -0.39 is 5.76 Å². The lowest BCUT2D eigenvalue weighted by Gasteiger charge is -1.95. The summed E-state index contributed by atoms with van der Waals surface area (Å²) in [5.41, 5.74) is 0. The van der Waals surface area contributed by atoms with Crippen molar-refractivity contribution in [2.24, 2.45) is 0 Å². The number of aromatic amines is 1. The average Bonchev–Trinajstić information content (AvgIpc) is 2.71. The van der Waals surface area contributed by atoms with Crippen molar-refractivity contribution in [3.63, 3.8) is 0 Å². The third-order valence-electron chi connectivity index (χ3n) is 1.48. The minimum absolute atomic E-state index is 0.261. The maximum Gasteiger partial charge on any atom is 0.434 e. The summed E-state index contributed by atoms with van der Waals surface area (Å²) in [6.07, 6.45) is 0. The van der Waals surface area contributed by atoms with Gasteiger partial charge in [0, 0.05) is 0 Å². The Hall–Kier alpha value is -1.56. The van der Waals surface area contributed by atoms with Crippen molar-refractivity contribution in [2.45, 2.75) is 0 Å². The minimum Gasteiger partial charge on any atom is -0.495 e. The molecule has 0 saturated carbocycles. The van der Waals surface area contributed by atoms with Crippen LogP contribution in [0.25, 0.3) is 10.8 Å². The highest BCUT2D eigenvalue weighted by Crippen LogP contribution is 2.32. The molecule has 2 heterocycles. The fourth-order valence-corrected chi connectivity index (χ4v) is 1.72. The highest BCUT2D eigenvalue weighted by molar-refractivity contribution is 7.13. The monoisotopic (exact) mass is 198 g/mol. The van der Waals surface area contributed by atoms with Gasteiger partial charge in [-0.05, 0) is 11.4 Å². The summed E-state index contributed by atoms with van der Waals surface area (Å²) in [5, 5.41) is 7.72. The van der Waals surface area contributed by atoms with Gasteiger partial charge in [-0.3, -0.25) is 0 Å².